The molecule has 0 aliphatic heterocycles. The third kappa shape index (κ3) is 7.50. The molecule has 178 valence electrons. The van der Waals surface area contributed by atoms with Gasteiger partial charge in [0.05, 0.1) is 30.8 Å². The smallest absolute Gasteiger partial charge is 0.318 e. The summed E-state index contributed by atoms with van der Waals surface area (Å²) in [6.45, 7) is 9.19. The van der Waals surface area contributed by atoms with Crippen molar-refractivity contribution in [2.45, 2.75) is 57.7 Å². The molecular weight excluding hydrogens is 452 g/mol. The zero-order valence-electron chi connectivity index (χ0n) is 19.3. The van der Waals surface area contributed by atoms with E-state index in [0.717, 1.165) is 0 Å². The van der Waals surface area contributed by atoms with Crippen LogP contribution in [0.2, 0.25) is 5.02 Å². The van der Waals surface area contributed by atoms with Gasteiger partial charge in [-0.25, -0.2) is 18.2 Å². The van der Waals surface area contributed by atoms with Crippen LogP contribution in [0.15, 0.2) is 35.6 Å². The van der Waals surface area contributed by atoms with E-state index in [1.54, 1.807) is 40.8 Å². The first-order valence-corrected chi connectivity index (χ1v) is 12.6. The Hall–Kier alpha value is -2.10. The van der Waals surface area contributed by atoms with Crippen LogP contribution in [-0.4, -0.2) is 55.2 Å². The van der Waals surface area contributed by atoms with E-state index in [1.807, 2.05) is 27.7 Å². The van der Waals surface area contributed by atoms with E-state index in [-0.39, 0.29) is 35.4 Å². The Morgan fingerprint density at radius 2 is 2.00 bits per heavy atom. The molecule has 0 saturated carbocycles. The fourth-order valence-corrected chi connectivity index (χ4v) is 4.93. The second-order valence-electron chi connectivity index (χ2n) is 8.44. The average Bonchev–Trinajstić information content (AvgIpc) is 3.06. The second kappa shape index (κ2) is 11.7. The Morgan fingerprint density at radius 3 is 2.59 bits per heavy atom. The normalized spacial score (nSPS) is 11.9. The van der Waals surface area contributed by atoms with E-state index in [4.69, 9.17) is 16.3 Å². The SMILES string of the molecule is COCCN(Cc1cnc(S(=O)(=O)Cc2cccc(Cl)c2)n1CC(C)C)C(=O)NC(C)C. The minimum atomic E-state index is -3.73. The number of sulfone groups is 1. The standard InChI is InChI=1S/C22H33ClN4O4S/c1-16(2)13-27-20(14-26(9-10-31-5)21(28)25-17(3)4)12-24-22(27)32(29,30)15-18-7-6-8-19(23)11-18/h6-8,11-12,16-17H,9-10,13-15H2,1-5H3,(H,25,28). The lowest BCUT2D eigenvalue weighted by Gasteiger charge is -2.25. The number of benzene rings is 1. The highest BCUT2D eigenvalue weighted by Crippen LogP contribution is 2.21. The van der Waals surface area contributed by atoms with Crippen molar-refractivity contribution in [3.63, 3.8) is 0 Å². The summed E-state index contributed by atoms with van der Waals surface area (Å²) in [6.07, 6.45) is 1.54. The molecule has 10 heteroatoms. The van der Waals surface area contributed by atoms with E-state index < -0.39 is 9.84 Å². The molecule has 1 N–H and O–H groups in total. The molecule has 2 amide bonds. The molecule has 0 fully saturated rings. The van der Waals surface area contributed by atoms with Crippen LogP contribution >= 0.6 is 11.6 Å². The van der Waals surface area contributed by atoms with Crippen molar-refractivity contribution >= 4 is 27.5 Å². The number of aromatic nitrogens is 2. The van der Waals surface area contributed by atoms with E-state index in [1.165, 1.54) is 6.20 Å². The molecule has 2 aromatic rings. The zero-order valence-corrected chi connectivity index (χ0v) is 20.9. The van der Waals surface area contributed by atoms with Crippen LogP contribution in [0.3, 0.4) is 0 Å². The predicted molar refractivity (Wildman–Crippen MR) is 125 cm³/mol. The number of rotatable bonds is 11. The molecule has 0 aliphatic carbocycles. The molecule has 0 spiro atoms. The maximum atomic E-state index is 13.2. The Balaban J connectivity index is 2.38. The number of hydrogen-bond donors (Lipinski definition) is 1. The summed E-state index contributed by atoms with van der Waals surface area (Å²) in [5, 5.41) is 3.36. The van der Waals surface area contributed by atoms with Crippen LogP contribution in [0.4, 0.5) is 4.79 Å². The van der Waals surface area contributed by atoms with Gasteiger partial charge in [-0.15, -0.1) is 0 Å². The Morgan fingerprint density at radius 1 is 1.28 bits per heavy atom. The number of carbonyl (C=O) groups excluding carboxylic acids is 1. The van der Waals surface area contributed by atoms with Crippen LogP contribution in [0.25, 0.3) is 0 Å². The third-order valence-corrected chi connectivity index (χ3v) is 6.42. The summed E-state index contributed by atoms with van der Waals surface area (Å²) >= 11 is 6.02. The number of methoxy groups -OCH3 is 1. The van der Waals surface area contributed by atoms with Crippen LogP contribution in [0.5, 0.6) is 0 Å². The van der Waals surface area contributed by atoms with Crippen LogP contribution < -0.4 is 5.32 Å². The number of amides is 2. The fraction of sp³-hybridized carbons (Fsp3) is 0.545. The van der Waals surface area contributed by atoms with Gasteiger partial charge in [-0.1, -0.05) is 37.6 Å². The number of halogens is 1. The number of carbonyl (C=O) groups is 1. The number of hydrogen-bond acceptors (Lipinski definition) is 5. The summed E-state index contributed by atoms with van der Waals surface area (Å²) in [5.41, 5.74) is 1.24. The molecule has 0 atom stereocenters. The fourth-order valence-electron chi connectivity index (χ4n) is 3.23. The van der Waals surface area contributed by atoms with Crippen LogP contribution in [0, 0.1) is 5.92 Å². The minimum Gasteiger partial charge on any atom is -0.383 e. The molecule has 1 heterocycles. The van der Waals surface area contributed by atoms with Crippen LogP contribution in [-0.2, 0) is 33.4 Å². The summed E-state index contributed by atoms with van der Waals surface area (Å²) in [5.74, 6) is -0.0245. The summed E-state index contributed by atoms with van der Waals surface area (Å²) in [6, 6.07) is 6.52. The quantitative estimate of drug-likeness (QED) is 0.524. The second-order valence-corrected chi connectivity index (χ2v) is 10.8. The summed E-state index contributed by atoms with van der Waals surface area (Å²) < 4.78 is 33.3. The highest BCUT2D eigenvalue weighted by Gasteiger charge is 2.26. The van der Waals surface area contributed by atoms with Crippen molar-refractivity contribution in [3.05, 3.63) is 46.7 Å². The largest absolute Gasteiger partial charge is 0.383 e. The van der Waals surface area contributed by atoms with Gasteiger partial charge in [0.1, 0.15) is 0 Å². The molecule has 0 unspecified atom stereocenters. The molecule has 0 bridgehead atoms. The summed E-state index contributed by atoms with van der Waals surface area (Å²) in [7, 11) is -2.16. The van der Waals surface area contributed by atoms with Crippen molar-refractivity contribution in [1.29, 1.82) is 0 Å². The summed E-state index contributed by atoms with van der Waals surface area (Å²) in [4.78, 5) is 18.5. The van der Waals surface area contributed by atoms with Crippen molar-refractivity contribution in [2.24, 2.45) is 5.92 Å². The Labute approximate surface area is 195 Å². The number of ether oxygens (including phenoxy) is 1. The van der Waals surface area contributed by atoms with Gasteiger partial charge in [-0.3, -0.25) is 0 Å². The first-order chi connectivity index (χ1) is 15.0. The van der Waals surface area contributed by atoms with Gasteiger partial charge < -0.3 is 19.5 Å². The van der Waals surface area contributed by atoms with E-state index >= 15 is 0 Å². The molecule has 8 nitrogen and oxygen atoms in total. The highest BCUT2D eigenvalue weighted by molar-refractivity contribution is 7.90. The maximum Gasteiger partial charge on any atom is 0.318 e. The Bertz CT molecular complexity index is 1010. The monoisotopic (exact) mass is 484 g/mol. The van der Waals surface area contributed by atoms with Gasteiger partial charge in [-0.05, 0) is 37.5 Å². The number of nitrogens with one attached hydrogen (secondary N) is 1. The van der Waals surface area contributed by atoms with Gasteiger partial charge in [0.15, 0.2) is 0 Å². The van der Waals surface area contributed by atoms with Crippen LogP contribution in [0.1, 0.15) is 39.0 Å². The Kier molecular flexibility index (Phi) is 9.54. The van der Waals surface area contributed by atoms with Crippen molar-refractivity contribution in [3.8, 4) is 0 Å². The van der Waals surface area contributed by atoms with E-state index in [0.29, 0.717) is 36.0 Å². The molecule has 1 aromatic carbocycles. The number of nitrogens with zero attached hydrogens (tertiary/aromatic N) is 3. The van der Waals surface area contributed by atoms with Crippen molar-refractivity contribution < 1.29 is 17.9 Å². The van der Waals surface area contributed by atoms with Gasteiger partial charge in [0.2, 0.25) is 15.0 Å². The first kappa shape index (κ1) is 26.2. The van der Waals surface area contributed by atoms with Gasteiger partial charge in [-0.2, -0.15) is 0 Å². The third-order valence-electron chi connectivity index (χ3n) is 4.59. The first-order valence-electron chi connectivity index (χ1n) is 10.6. The molecule has 1 aromatic heterocycles. The molecule has 0 aliphatic rings. The molecule has 32 heavy (non-hydrogen) atoms. The topological polar surface area (TPSA) is 93.5 Å². The van der Waals surface area contributed by atoms with E-state index in [2.05, 4.69) is 10.3 Å². The lowest BCUT2D eigenvalue weighted by Crippen LogP contribution is -2.44. The van der Waals surface area contributed by atoms with Gasteiger partial charge >= 0.3 is 6.03 Å². The lowest BCUT2D eigenvalue weighted by molar-refractivity contribution is 0.144. The molecule has 0 saturated heterocycles. The van der Waals surface area contributed by atoms with Gasteiger partial charge in [0.25, 0.3) is 0 Å². The lowest BCUT2D eigenvalue weighted by atomic mass is 10.2. The highest BCUT2D eigenvalue weighted by atomic mass is 35.5. The molecule has 2 rings (SSSR count). The maximum absolute atomic E-state index is 13.2. The minimum absolute atomic E-state index is 0.00265. The van der Waals surface area contributed by atoms with Crippen molar-refractivity contribution in [2.75, 3.05) is 20.3 Å². The molecule has 0 radical (unpaired) electrons. The van der Waals surface area contributed by atoms with E-state index in [9.17, 15) is 13.2 Å². The number of imidazole rings is 1. The van der Waals surface area contributed by atoms with Gasteiger partial charge in [0, 0.05) is 31.3 Å². The number of urea groups is 1. The zero-order chi connectivity index (χ0) is 23.9. The predicted octanol–water partition coefficient (Wildman–Crippen LogP) is 3.73. The molecular formula is C22H33ClN4O4S. The van der Waals surface area contributed by atoms with Crippen molar-refractivity contribution in [1.82, 2.24) is 19.8 Å². The average molecular weight is 485 g/mol.